The zero-order valence-corrected chi connectivity index (χ0v) is 13.5. The molecule has 1 saturated heterocycles. The van der Waals surface area contributed by atoms with Crippen molar-refractivity contribution in [3.63, 3.8) is 0 Å². The molecule has 1 unspecified atom stereocenters. The number of aliphatic carboxylic acids is 1. The maximum atomic E-state index is 13.0. The van der Waals surface area contributed by atoms with Gasteiger partial charge in [-0.25, -0.2) is 4.39 Å². The molecule has 1 atom stereocenters. The molecule has 1 aliphatic heterocycles. The summed E-state index contributed by atoms with van der Waals surface area (Å²) in [6, 6.07) is 6.01. The number of halogens is 1. The Morgan fingerprint density at radius 2 is 1.87 bits per heavy atom. The van der Waals surface area contributed by atoms with Gasteiger partial charge in [0, 0.05) is 7.05 Å². The van der Waals surface area contributed by atoms with E-state index in [1.54, 1.807) is 24.1 Å². The molecule has 0 radical (unpaired) electrons. The van der Waals surface area contributed by atoms with Gasteiger partial charge in [0.2, 0.25) is 5.91 Å². The maximum absolute atomic E-state index is 13.0. The third-order valence-corrected chi connectivity index (χ3v) is 4.62. The van der Waals surface area contributed by atoms with Crippen LogP contribution in [-0.2, 0) is 9.59 Å². The minimum atomic E-state index is -0.752. The van der Waals surface area contributed by atoms with Crippen molar-refractivity contribution in [2.45, 2.75) is 25.8 Å². The first-order valence-corrected chi connectivity index (χ1v) is 7.84. The van der Waals surface area contributed by atoms with Crippen LogP contribution in [0.1, 0.15) is 31.4 Å². The van der Waals surface area contributed by atoms with E-state index < -0.39 is 5.97 Å². The van der Waals surface area contributed by atoms with E-state index in [1.807, 2.05) is 11.8 Å². The Labute approximate surface area is 135 Å². The van der Waals surface area contributed by atoms with Gasteiger partial charge < -0.3 is 10.0 Å². The van der Waals surface area contributed by atoms with Gasteiger partial charge in [0.05, 0.1) is 18.5 Å². The van der Waals surface area contributed by atoms with E-state index in [9.17, 15) is 14.0 Å². The maximum Gasteiger partial charge on any atom is 0.306 e. The highest BCUT2D eigenvalue weighted by Gasteiger charge is 2.27. The van der Waals surface area contributed by atoms with Gasteiger partial charge in [-0.3, -0.25) is 14.5 Å². The fraction of sp³-hybridized carbons (Fsp3) is 0.529. The van der Waals surface area contributed by atoms with Gasteiger partial charge in [-0.15, -0.1) is 0 Å². The molecule has 0 bridgehead atoms. The van der Waals surface area contributed by atoms with E-state index in [0.717, 1.165) is 5.56 Å². The van der Waals surface area contributed by atoms with E-state index >= 15 is 0 Å². The van der Waals surface area contributed by atoms with Crippen molar-refractivity contribution in [2.24, 2.45) is 5.92 Å². The molecule has 1 aliphatic rings. The number of carboxylic acid groups (broad SMARTS) is 1. The Balaban J connectivity index is 1.87. The topological polar surface area (TPSA) is 60.9 Å². The van der Waals surface area contributed by atoms with Gasteiger partial charge in [-0.05, 0) is 50.6 Å². The summed E-state index contributed by atoms with van der Waals surface area (Å²) in [5.41, 5.74) is 0.881. The monoisotopic (exact) mass is 322 g/mol. The minimum absolute atomic E-state index is 0.0180. The largest absolute Gasteiger partial charge is 0.481 e. The highest BCUT2D eigenvalue weighted by molar-refractivity contribution is 5.78. The van der Waals surface area contributed by atoms with Crippen LogP contribution in [0.25, 0.3) is 0 Å². The Kier molecular flexibility index (Phi) is 5.71. The van der Waals surface area contributed by atoms with Gasteiger partial charge in [0.25, 0.3) is 0 Å². The van der Waals surface area contributed by atoms with Gasteiger partial charge in [-0.1, -0.05) is 12.1 Å². The summed E-state index contributed by atoms with van der Waals surface area (Å²) >= 11 is 0. The molecule has 23 heavy (non-hydrogen) atoms. The van der Waals surface area contributed by atoms with E-state index in [-0.39, 0.29) is 30.2 Å². The number of piperidine rings is 1. The highest BCUT2D eigenvalue weighted by Crippen LogP contribution is 2.21. The molecule has 1 heterocycles. The first kappa shape index (κ1) is 17.4. The third kappa shape index (κ3) is 4.51. The summed E-state index contributed by atoms with van der Waals surface area (Å²) in [7, 11) is 1.74. The van der Waals surface area contributed by atoms with Crippen LogP contribution >= 0.6 is 0 Å². The predicted octanol–water partition coefficient (Wildman–Crippen LogP) is 2.14. The second-order valence-corrected chi connectivity index (χ2v) is 6.12. The minimum Gasteiger partial charge on any atom is -0.481 e. The Morgan fingerprint density at radius 1 is 1.30 bits per heavy atom. The highest BCUT2D eigenvalue weighted by atomic mass is 19.1. The lowest BCUT2D eigenvalue weighted by atomic mass is 9.97. The molecular weight excluding hydrogens is 299 g/mol. The molecule has 0 spiro atoms. The van der Waals surface area contributed by atoms with Crippen molar-refractivity contribution < 1.29 is 19.1 Å². The summed E-state index contributed by atoms with van der Waals surface area (Å²) in [6.45, 7) is 3.44. The lowest BCUT2D eigenvalue weighted by Crippen LogP contribution is -2.43. The van der Waals surface area contributed by atoms with E-state index in [2.05, 4.69) is 0 Å². The number of nitrogens with zero attached hydrogens (tertiary/aromatic N) is 2. The number of hydrogen-bond acceptors (Lipinski definition) is 3. The number of carbonyl (C=O) groups excluding carboxylic acids is 1. The number of benzene rings is 1. The predicted molar refractivity (Wildman–Crippen MR) is 84.4 cm³/mol. The molecule has 2 rings (SSSR count). The lowest BCUT2D eigenvalue weighted by Gasteiger charge is -2.32. The van der Waals surface area contributed by atoms with Crippen molar-refractivity contribution in [1.29, 1.82) is 0 Å². The summed E-state index contributed by atoms with van der Waals surface area (Å²) in [5, 5.41) is 8.99. The number of likely N-dealkylation sites (N-methyl/N-ethyl adjacent to an activating group) is 1. The average molecular weight is 322 g/mol. The van der Waals surface area contributed by atoms with Crippen molar-refractivity contribution in [3.8, 4) is 0 Å². The first-order valence-electron chi connectivity index (χ1n) is 7.84. The summed E-state index contributed by atoms with van der Waals surface area (Å²) in [5.74, 6) is -1.36. The van der Waals surface area contributed by atoms with Crippen LogP contribution in [0.4, 0.5) is 4.39 Å². The second kappa shape index (κ2) is 7.55. The van der Waals surface area contributed by atoms with Gasteiger partial charge in [0.15, 0.2) is 0 Å². The van der Waals surface area contributed by atoms with Crippen molar-refractivity contribution >= 4 is 11.9 Å². The van der Waals surface area contributed by atoms with Crippen LogP contribution in [0, 0.1) is 11.7 Å². The molecule has 1 fully saturated rings. The Hall–Kier alpha value is -1.95. The zero-order valence-electron chi connectivity index (χ0n) is 13.5. The quantitative estimate of drug-likeness (QED) is 0.902. The standard InChI is InChI=1S/C17H23FN2O3/c1-12(13-3-5-15(18)6-4-13)19(2)16(21)11-20-9-7-14(8-10-20)17(22)23/h3-6,12,14H,7-11H2,1-2H3,(H,22,23). The molecule has 1 aromatic rings. The number of likely N-dealkylation sites (tertiary alicyclic amines) is 1. The second-order valence-electron chi connectivity index (χ2n) is 6.12. The number of carbonyl (C=O) groups is 2. The number of carboxylic acids is 1. The molecule has 6 heteroatoms. The lowest BCUT2D eigenvalue weighted by molar-refractivity contribution is -0.143. The summed E-state index contributed by atoms with van der Waals surface area (Å²) in [6.07, 6.45) is 1.17. The van der Waals surface area contributed by atoms with Crippen LogP contribution in [0.5, 0.6) is 0 Å². The molecule has 0 saturated carbocycles. The molecular formula is C17H23FN2O3. The Morgan fingerprint density at radius 3 is 2.39 bits per heavy atom. The van der Waals surface area contributed by atoms with Gasteiger partial charge in [-0.2, -0.15) is 0 Å². The molecule has 5 nitrogen and oxygen atoms in total. The molecule has 126 valence electrons. The molecule has 1 amide bonds. The Bertz CT molecular complexity index is 553. The van der Waals surface area contributed by atoms with E-state index in [0.29, 0.717) is 25.9 Å². The number of rotatable bonds is 5. The number of amides is 1. The fourth-order valence-electron chi connectivity index (χ4n) is 2.82. The normalized spacial score (nSPS) is 17.7. The molecule has 1 aromatic carbocycles. The van der Waals surface area contributed by atoms with Crippen molar-refractivity contribution in [2.75, 3.05) is 26.7 Å². The summed E-state index contributed by atoms with van der Waals surface area (Å²) < 4.78 is 13.0. The van der Waals surface area contributed by atoms with Gasteiger partial charge in [0.1, 0.15) is 5.82 Å². The molecule has 0 aromatic heterocycles. The van der Waals surface area contributed by atoms with Crippen molar-refractivity contribution in [3.05, 3.63) is 35.6 Å². The van der Waals surface area contributed by atoms with Crippen molar-refractivity contribution in [1.82, 2.24) is 9.80 Å². The van der Waals surface area contributed by atoms with Crippen LogP contribution in [-0.4, -0.2) is 53.5 Å². The number of hydrogen-bond donors (Lipinski definition) is 1. The fourth-order valence-corrected chi connectivity index (χ4v) is 2.82. The smallest absolute Gasteiger partial charge is 0.306 e. The van der Waals surface area contributed by atoms with Crippen LogP contribution in [0.2, 0.25) is 0 Å². The third-order valence-electron chi connectivity index (χ3n) is 4.62. The first-order chi connectivity index (χ1) is 10.9. The van der Waals surface area contributed by atoms with E-state index in [1.165, 1.54) is 12.1 Å². The SMILES string of the molecule is CC(c1ccc(F)cc1)N(C)C(=O)CN1CCC(C(=O)O)CC1. The van der Waals surface area contributed by atoms with Crippen LogP contribution in [0.3, 0.4) is 0 Å². The zero-order chi connectivity index (χ0) is 17.0. The van der Waals surface area contributed by atoms with Gasteiger partial charge >= 0.3 is 5.97 Å². The summed E-state index contributed by atoms with van der Waals surface area (Å²) in [4.78, 5) is 27.0. The van der Waals surface area contributed by atoms with Crippen LogP contribution in [0.15, 0.2) is 24.3 Å². The molecule has 1 N–H and O–H groups in total. The van der Waals surface area contributed by atoms with E-state index in [4.69, 9.17) is 5.11 Å². The molecule has 0 aliphatic carbocycles. The van der Waals surface area contributed by atoms with Crippen LogP contribution < -0.4 is 0 Å². The average Bonchev–Trinajstić information content (AvgIpc) is 2.54.